The molecule has 0 aliphatic heterocycles. The fraction of sp³-hybridized carbons (Fsp3) is 0.833. The molecule has 0 bridgehead atoms. The van der Waals surface area contributed by atoms with Gasteiger partial charge in [-0.1, -0.05) is 60.0 Å². The van der Waals surface area contributed by atoms with E-state index in [9.17, 15) is 0 Å². The van der Waals surface area contributed by atoms with Gasteiger partial charge in [0.25, 0.3) is 0 Å². The van der Waals surface area contributed by atoms with Gasteiger partial charge in [0.2, 0.25) is 0 Å². The molecule has 0 nitrogen and oxygen atoms in total. The molecule has 1 fully saturated rings. The van der Waals surface area contributed by atoms with Crippen LogP contribution in [0.2, 0.25) is 0 Å². The summed E-state index contributed by atoms with van der Waals surface area (Å²) < 4.78 is 0. The second-order valence-corrected chi connectivity index (χ2v) is 4.55. The molecule has 0 saturated heterocycles. The van der Waals surface area contributed by atoms with E-state index in [-0.39, 0.29) is 0 Å². The fourth-order valence-electron chi connectivity index (χ4n) is 2.00. The average molecular weight is 245 g/mol. The highest BCUT2D eigenvalue weighted by atomic mass is 79.9. The van der Waals surface area contributed by atoms with Gasteiger partial charge >= 0.3 is 0 Å². The van der Waals surface area contributed by atoms with Crippen molar-refractivity contribution < 1.29 is 0 Å². The minimum atomic E-state index is 1.32. The van der Waals surface area contributed by atoms with E-state index in [2.05, 4.69) is 20.9 Å². The maximum absolute atomic E-state index is 3.47. The smallest absolute Gasteiger partial charge is 0.0197 e. The molecule has 0 spiro atoms. The molecule has 13 heavy (non-hydrogen) atoms. The average Bonchev–Trinajstić information content (AvgIpc) is 2.22. The van der Waals surface area contributed by atoms with Crippen molar-refractivity contribution in [2.75, 3.05) is 0 Å². The first-order valence-electron chi connectivity index (χ1n) is 5.71. The summed E-state index contributed by atoms with van der Waals surface area (Å²) in [5, 5.41) is 0. The molecular weight excluding hydrogens is 224 g/mol. The summed E-state index contributed by atoms with van der Waals surface area (Å²) in [5.41, 5.74) is 1.63. The van der Waals surface area contributed by atoms with Crippen molar-refractivity contribution in [2.24, 2.45) is 0 Å². The summed E-state index contributed by atoms with van der Waals surface area (Å²) in [7, 11) is 0. The van der Waals surface area contributed by atoms with Crippen molar-refractivity contribution in [1.29, 1.82) is 0 Å². The molecule has 76 valence electrons. The lowest BCUT2D eigenvalue weighted by Gasteiger charge is -2.04. The highest BCUT2D eigenvalue weighted by molar-refractivity contribution is 9.11. The molecule has 0 N–H and O–H groups in total. The predicted octanol–water partition coefficient (Wildman–Crippen LogP) is 5.18. The molecule has 0 heterocycles. The number of hydrogen-bond acceptors (Lipinski definition) is 0. The van der Waals surface area contributed by atoms with Crippen LogP contribution in [0.15, 0.2) is 10.6 Å². The van der Waals surface area contributed by atoms with Gasteiger partial charge < -0.3 is 0 Å². The Morgan fingerprint density at radius 2 is 1.08 bits per heavy atom. The molecule has 1 aliphatic carbocycles. The van der Waals surface area contributed by atoms with E-state index < -0.39 is 0 Å². The van der Waals surface area contributed by atoms with Crippen LogP contribution < -0.4 is 0 Å². The van der Waals surface area contributed by atoms with Gasteiger partial charge in [-0.2, -0.15) is 0 Å². The zero-order valence-electron chi connectivity index (χ0n) is 8.53. The van der Waals surface area contributed by atoms with Gasteiger partial charge in [0, 0.05) is 0 Å². The van der Waals surface area contributed by atoms with E-state index >= 15 is 0 Å². The number of allylic oxidation sites excluding steroid dienone is 1. The number of rotatable bonds is 0. The normalized spacial score (nSPS) is 22.1. The highest BCUT2D eigenvalue weighted by Gasteiger charge is 2.00. The highest BCUT2D eigenvalue weighted by Crippen LogP contribution is 2.21. The molecule has 0 radical (unpaired) electrons. The lowest BCUT2D eigenvalue weighted by molar-refractivity contribution is 0.585. The van der Waals surface area contributed by atoms with Crippen LogP contribution in [0.25, 0.3) is 0 Å². The Bertz CT molecular complexity index is 135. The molecule has 0 atom stereocenters. The Hall–Kier alpha value is 0.220. The molecule has 1 aliphatic rings. The SMILES string of the molecule is BrC=C1CCCCCCCCCC1. The molecule has 0 amide bonds. The van der Waals surface area contributed by atoms with Crippen molar-refractivity contribution >= 4 is 15.9 Å². The van der Waals surface area contributed by atoms with Crippen molar-refractivity contribution in [3.05, 3.63) is 10.6 Å². The van der Waals surface area contributed by atoms with E-state index in [0.29, 0.717) is 0 Å². The van der Waals surface area contributed by atoms with Crippen LogP contribution in [0.1, 0.15) is 64.2 Å². The van der Waals surface area contributed by atoms with Gasteiger partial charge in [-0.15, -0.1) is 0 Å². The van der Waals surface area contributed by atoms with Crippen LogP contribution in [0.3, 0.4) is 0 Å². The second-order valence-electron chi connectivity index (χ2n) is 4.10. The van der Waals surface area contributed by atoms with Gasteiger partial charge in [0.05, 0.1) is 0 Å². The van der Waals surface area contributed by atoms with Crippen LogP contribution >= 0.6 is 15.9 Å². The third kappa shape index (κ3) is 5.51. The van der Waals surface area contributed by atoms with Crippen molar-refractivity contribution in [1.82, 2.24) is 0 Å². The fourth-order valence-corrected chi connectivity index (χ4v) is 2.46. The van der Waals surface area contributed by atoms with E-state index in [4.69, 9.17) is 0 Å². The first kappa shape index (κ1) is 11.3. The van der Waals surface area contributed by atoms with Gasteiger partial charge in [0.15, 0.2) is 0 Å². The van der Waals surface area contributed by atoms with Crippen LogP contribution in [0, 0.1) is 0 Å². The molecule has 1 saturated carbocycles. The predicted molar refractivity (Wildman–Crippen MR) is 63.2 cm³/mol. The van der Waals surface area contributed by atoms with Gasteiger partial charge in [-0.05, 0) is 30.7 Å². The molecule has 0 aromatic rings. The quantitative estimate of drug-likeness (QED) is 0.551. The molecular formula is C12H21Br. The van der Waals surface area contributed by atoms with Crippen LogP contribution in [-0.4, -0.2) is 0 Å². The van der Waals surface area contributed by atoms with Crippen molar-refractivity contribution in [3.8, 4) is 0 Å². The zero-order chi connectivity index (χ0) is 9.36. The summed E-state index contributed by atoms with van der Waals surface area (Å²) in [5.74, 6) is 0. The lowest BCUT2D eigenvalue weighted by atomic mass is 10.0. The molecule has 1 heteroatoms. The third-order valence-electron chi connectivity index (χ3n) is 2.90. The summed E-state index contributed by atoms with van der Waals surface area (Å²) in [6, 6.07) is 0. The Kier molecular flexibility index (Phi) is 6.61. The topological polar surface area (TPSA) is 0 Å². The minimum Gasteiger partial charge on any atom is -0.0633 e. The standard InChI is InChI=1S/C12H21Br/c13-11-12-9-7-5-3-1-2-4-6-8-10-12/h11H,1-10H2. The van der Waals surface area contributed by atoms with Crippen LogP contribution in [0.4, 0.5) is 0 Å². The van der Waals surface area contributed by atoms with Crippen molar-refractivity contribution in [2.45, 2.75) is 64.2 Å². The first-order chi connectivity index (χ1) is 6.43. The zero-order valence-corrected chi connectivity index (χ0v) is 10.1. The lowest BCUT2D eigenvalue weighted by Crippen LogP contribution is -1.84. The van der Waals surface area contributed by atoms with E-state index in [0.717, 1.165) is 0 Å². The molecule has 0 unspecified atom stereocenters. The number of halogens is 1. The van der Waals surface area contributed by atoms with Crippen LogP contribution in [0.5, 0.6) is 0 Å². The van der Waals surface area contributed by atoms with E-state index in [1.807, 2.05) is 0 Å². The summed E-state index contributed by atoms with van der Waals surface area (Å²) in [4.78, 5) is 2.16. The van der Waals surface area contributed by atoms with Gasteiger partial charge in [0.1, 0.15) is 0 Å². The Balaban J connectivity index is 2.27. The maximum atomic E-state index is 3.47. The van der Waals surface area contributed by atoms with Crippen molar-refractivity contribution in [3.63, 3.8) is 0 Å². The monoisotopic (exact) mass is 244 g/mol. The Morgan fingerprint density at radius 1 is 0.692 bits per heavy atom. The Morgan fingerprint density at radius 3 is 1.46 bits per heavy atom. The molecule has 1 rings (SSSR count). The van der Waals surface area contributed by atoms with E-state index in [1.54, 1.807) is 5.57 Å². The Labute approximate surface area is 90.9 Å². The summed E-state index contributed by atoms with van der Waals surface area (Å²) >= 11 is 3.47. The third-order valence-corrected chi connectivity index (χ3v) is 3.55. The largest absolute Gasteiger partial charge is 0.0633 e. The summed E-state index contributed by atoms with van der Waals surface area (Å²) in [6.07, 6.45) is 14.2. The molecule has 0 aromatic carbocycles. The summed E-state index contributed by atoms with van der Waals surface area (Å²) in [6.45, 7) is 0. The number of hydrogen-bond donors (Lipinski definition) is 0. The van der Waals surface area contributed by atoms with Gasteiger partial charge in [-0.3, -0.25) is 0 Å². The first-order valence-corrected chi connectivity index (χ1v) is 6.63. The minimum absolute atomic E-state index is 1.32. The second kappa shape index (κ2) is 7.61. The van der Waals surface area contributed by atoms with E-state index in [1.165, 1.54) is 64.2 Å². The molecule has 0 aromatic heterocycles. The van der Waals surface area contributed by atoms with Gasteiger partial charge in [-0.25, -0.2) is 0 Å². The maximum Gasteiger partial charge on any atom is -0.0197 e. The van der Waals surface area contributed by atoms with Crippen LogP contribution in [-0.2, 0) is 0 Å².